The second kappa shape index (κ2) is 7.17. The van der Waals surface area contributed by atoms with Crippen molar-refractivity contribution in [3.05, 3.63) is 71.0 Å². The van der Waals surface area contributed by atoms with Gasteiger partial charge in [-0.05, 0) is 54.5 Å². The predicted octanol–water partition coefficient (Wildman–Crippen LogP) is 3.60. The third kappa shape index (κ3) is 3.67. The molecule has 2 N–H and O–H groups in total. The number of hydrogen-bond donors (Lipinski definition) is 2. The maximum atomic E-state index is 13.5. The van der Waals surface area contributed by atoms with Gasteiger partial charge >= 0.3 is 21.6 Å². The van der Waals surface area contributed by atoms with E-state index in [9.17, 15) is 30.8 Å². The Bertz CT molecular complexity index is 1190. The number of nitrogens with zero attached hydrogens (tertiary/aromatic N) is 1. The number of carbonyl (C=O) groups is 1. The van der Waals surface area contributed by atoms with Crippen LogP contribution in [0.5, 0.6) is 0 Å². The molecule has 2 aromatic carbocycles. The summed E-state index contributed by atoms with van der Waals surface area (Å²) in [6, 6.07) is 12.8. The number of sulfonamides is 1. The smallest absolute Gasteiger partial charge is 0.332 e. The number of hydrogen-bond acceptors (Lipinski definition) is 3. The maximum absolute atomic E-state index is 13.5. The number of urea groups is 1. The molecule has 2 amide bonds. The zero-order chi connectivity index (χ0) is 23.6. The number of carbonyl (C=O) groups excluding carboxylic acids is 1. The number of benzene rings is 2. The highest BCUT2D eigenvalue weighted by molar-refractivity contribution is 7.90. The molecule has 176 valence electrons. The van der Waals surface area contributed by atoms with E-state index in [-0.39, 0.29) is 31.1 Å². The molecule has 6 rings (SSSR count). The number of alkyl halides is 3. The van der Waals surface area contributed by atoms with Crippen LogP contribution in [-0.4, -0.2) is 42.5 Å². The van der Waals surface area contributed by atoms with E-state index in [1.54, 1.807) is 21.8 Å². The highest BCUT2D eigenvalue weighted by Crippen LogP contribution is 2.61. The van der Waals surface area contributed by atoms with Crippen LogP contribution in [0, 0.1) is 5.82 Å². The molecule has 2 bridgehead atoms. The quantitative estimate of drug-likeness (QED) is 0.653. The minimum absolute atomic E-state index is 0.104. The van der Waals surface area contributed by atoms with Crippen LogP contribution in [0.1, 0.15) is 42.0 Å². The fourth-order valence-electron chi connectivity index (χ4n) is 5.46. The van der Waals surface area contributed by atoms with E-state index in [2.05, 4.69) is 5.32 Å². The van der Waals surface area contributed by atoms with E-state index < -0.39 is 32.7 Å². The highest BCUT2D eigenvalue weighted by atomic mass is 32.2. The van der Waals surface area contributed by atoms with Crippen molar-refractivity contribution in [2.75, 3.05) is 6.54 Å². The molecule has 33 heavy (non-hydrogen) atoms. The first-order valence-electron chi connectivity index (χ1n) is 10.5. The predicted molar refractivity (Wildman–Crippen MR) is 111 cm³/mol. The van der Waals surface area contributed by atoms with E-state index in [1.165, 1.54) is 12.1 Å². The van der Waals surface area contributed by atoms with Gasteiger partial charge in [0, 0.05) is 17.6 Å². The first kappa shape index (κ1) is 22.1. The lowest BCUT2D eigenvalue weighted by Crippen LogP contribution is -2.84. The van der Waals surface area contributed by atoms with Gasteiger partial charge in [-0.3, -0.25) is 0 Å². The van der Waals surface area contributed by atoms with Gasteiger partial charge in [0.1, 0.15) is 5.82 Å². The molecule has 4 aliphatic rings. The number of halogens is 4. The Kier molecular flexibility index (Phi) is 4.81. The van der Waals surface area contributed by atoms with Crippen LogP contribution in [0.4, 0.5) is 22.4 Å². The standard InChI is InChI=1S/C22H21F4N3O3S/c23-16-7-5-15(6-8-16)18-17-4-2-1-3-14(17)9-10-29(18)19(30)27-20-11-21(12-20,13-20)28-33(31,32)22(24,25)26/h1-8,18,28H,9-13H2,(H,27,30)/t18-,20?,21?/m0/s1. The van der Waals surface area contributed by atoms with Gasteiger partial charge in [0.15, 0.2) is 0 Å². The molecule has 1 atom stereocenters. The summed E-state index contributed by atoms with van der Waals surface area (Å²) >= 11 is 0. The van der Waals surface area contributed by atoms with Crippen molar-refractivity contribution in [1.29, 1.82) is 0 Å². The molecular formula is C22H21F4N3O3S. The van der Waals surface area contributed by atoms with Crippen LogP contribution in [0.25, 0.3) is 0 Å². The number of rotatable bonds is 4. The van der Waals surface area contributed by atoms with Gasteiger partial charge in [0.05, 0.1) is 6.04 Å². The molecule has 0 aromatic heterocycles. The molecule has 0 saturated heterocycles. The lowest BCUT2D eigenvalue weighted by Gasteiger charge is -2.70. The molecule has 1 aliphatic heterocycles. The van der Waals surface area contributed by atoms with Crippen LogP contribution < -0.4 is 10.0 Å². The molecule has 0 radical (unpaired) electrons. The fourth-order valence-corrected chi connectivity index (χ4v) is 6.36. The molecule has 3 fully saturated rings. The van der Waals surface area contributed by atoms with Crippen molar-refractivity contribution in [3.8, 4) is 0 Å². The zero-order valence-electron chi connectivity index (χ0n) is 17.3. The Morgan fingerprint density at radius 3 is 2.27 bits per heavy atom. The van der Waals surface area contributed by atoms with E-state index in [0.717, 1.165) is 16.7 Å². The Morgan fingerprint density at radius 2 is 1.64 bits per heavy atom. The lowest BCUT2D eigenvalue weighted by atomic mass is 9.44. The summed E-state index contributed by atoms with van der Waals surface area (Å²) in [6.45, 7) is 0.410. The van der Waals surface area contributed by atoms with Gasteiger partial charge in [-0.1, -0.05) is 36.4 Å². The van der Waals surface area contributed by atoms with Crippen LogP contribution in [-0.2, 0) is 16.4 Å². The number of fused-ring (bicyclic) bond motifs is 1. The summed E-state index contributed by atoms with van der Waals surface area (Å²) in [5, 5.41) is 2.92. The third-order valence-electron chi connectivity index (χ3n) is 6.79. The molecule has 11 heteroatoms. The third-order valence-corrected chi connectivity index (χ3v) is 8.10. The summed E-state index contributed by atoms with van der Waals surface area (Å²) in [5.74, 6) is -0.390. The monoisotopic (exact) mass is 483 g/mol. The van der Waals surface area contributed by atoms with Gasteiger partial charge in [-0.25, -0.2) is 22.3 Å². The molecular weight excluding hydrogens is 462 g/mol. The van der Waals surface area contributed by atoms with E-state index in [1.807, 2.05) is 24.3 Å². The van der Waals surface area contributed by atoms with Crippen LogP contribution in [0.2, 0.25) is 0 Å². The largest absolute Gasteiger partial charge is 0.511 e. The summed E-state index contributed by atoms with van der Waals surface area (Å²) in [6.07, 6.45) is 0.940. The Balaban J connectivity index is 1.33. The maximum Gasteiger partial charge on any atom is 0.511 e. The van der Waals surface area contributed by atoms with Crippen molar-refractivity contribution < 1.29 is 30.8 Å². The van der Waals surface area contributed by atoms with Crippen LogP contribution in [0.15, 0.2) is 48.5 Å². The van der Waals surface area contributed by atoms with Gasteiger partial charge < -0.3 is 10.2 Å². The van der Waals surface area contributed by atoms with Crippen LogP contribution >= 0.6 is 0 Å². The first-order chi connectivity index (χ1) is 15.4. The average Bonchev–Trinajstić information content (AvgIpc) is 2.70. The zero-order valence-corrected chi connectivity index (χ0v) is 18.1. The second-order valence-electron chi connectivity index (χ2n) is 9.17. The summed E-state index contributed by atoms with van der Waals surface area (Å²) < 4.78 is 76.2. The molecule has 0 spiro atoms. The SMILES string of the molecule is O=C(NC12CC(NS(=O)(=O)C(F)(F)F)(C1)C2)N1CCc2ccccc2[C@@H]1c1ccc(F)cc1. The Hall–Kier alpha value is -2.66. The molecule has 3 aliphatic carbocycles. The Morgan fingerprint density at radius 1 is 1.00 bits per heavy atom. The van der Waals surface area contributed by atoms with Gasteiger partial charge in [-0.2, -0.15) is 13.2 Å². The van der Waals surface area contributed by atoms with Crippen molar-refractivity contribution >= 4 is 16.1 Å². The first-order valence-corrected chi connectivity index (χ1v) is 11.9. The van der Waals surface area contributed by atoms with Crippen molar-refractivity contribution in [1.82, 2.24) is 14.9 Å². The van der Waals surface area contributed by atoms with Crippen molar-refractivity contribution in [3.63, 3.8) is 0 Å². The normalized spacial score (nSPS) is 28.4. The topological polar surface area (TPSA) is 78.5 Å². The summed E-state index contributed by atoms with van der Waals surface area (Å²) in [4.78, 5) is 14.9. The molecule has 6 nitrogen and oxygen atoms in total. The average molecular weight is 483 g/mol. The summed E-state index contributed by atoms with van der Waals surface area (Å²) in [5.41, 5.74) is -4.50. The van der Waals surface area contributed by atoms with E-state index in [0.29, 0.717) is 13.0 Å². The van der Waals surface area contributed by atoms with E-state index >= 15 is 0 Å². The van der Waals surface area contributed by atoms with E-state index in [4.69, 9.17) is 0 Å². The molecule has 2 aromatic rings. The minimum Gasteiger partial charge on any atom is -0.332 e. The number of nitrogens with one attached hydrogen (secondary N) is 2. The van der Waals surface area contributed by atoms with Crippen molar-refractivity contribution in [2.24, 2.45) is 0 Å². The highest BCUT2D eigenvalue weighted by Gasteiger charge is 2.71. The number of amides is 2. The molecule has 1 heterocycles. The van der Waals surface area contributed by atoms with Gasteiger partial charge in [0.2, 0.25) is 0 Å². The Labute approximate surface area is 188 Å². The molecule has 0 unspecified atom stereocenters. The molecule has 3 saturated carbocycles. The van der Waals surface area contributed by atoms with Crippen molar-refractivity contribution in [2.45, 2.75) is 48.3 Å². The minimum atomic E-state index is -5.44. The van der Waals surface area contributed by atoms with Gasteiger partial charge in [-0.15, -0.1) is 0 Å². The van der Waals surface area contributed by atoms with Crippen LogP contribution in [0.3, 0.4) is 0 Å². The fraction of sp³-hybridized carbons (Fsp3) is 0.409. The summed E-state index contributed by atoms with van der Waals surface area (Å²) in [7, 11) is -5.44. The van der Waals surface area contributed by atoms with Gasteiger partial charge in [0.25, 0.3) is 0 Å². The second-order valence-corrected chi connectivity index (χ2v) is 10.8. The lowest BCUT2D eigenvalue weighted by molar-refractivity contribution is -0.0914.